The van der Waals surface area contributed by atoms with E-state index in [4.69, 9.17) is 19.5 Å². The van der Waals surface area contributed by atoms with Gasteiger partial charge in [-0.2, -0.15) is 5.10 Å². The first-order valence-electron chi connectivity index (χ1n) is 11.0. The molecule has 8 nitrogen and oxygen atoms in total. The molecule has 2 aromatic carbocycles. The van der Waals surface area contributed by atoms with Gasteiger partial charge >= 0.3 is 0 Å². The zero-order valence-corrected chi connectivity index (χ0v) is 19.7. The lowest BCUT2D eigenvalue weighted by molar-refractivity contribution is 0.394. The Labute approximate surface area is 198 Å². The molecule has 0 atom stereocenters. The van der Waals surface area contributed by atoms with E-state index in [0.29, 0.717) is 6.54 Å². The number of rotatable bonds is 7. The fourth-order valence-corrected chi connectivity index (χ4v) is 4.00. The fraction of sp³-hybridized carbons (Fsp3) is 0.231. The zero-order chi connectivity index (χ0) is 23.7. The number of anilines is 2. The molecule has 5 rings (SSSR count). The summed E-state index contributed by atoms with van der Waals surface area (Å²) in [7, 11) is 5.20. The van der Waals surface area contributed by atoms with Crippen molar-refractivity contribution in [2.45, 2.75) is 13.3 Å². The molecule has 4 aromatic rings. The Hall–Kier alpha value is -4.20. The highest BCUT2D eigenvalue weighted by Crippen LogP contribution is 2.35. The lowest BCUT2D eigenvalue weighted by Crippen LogP contribution is -2.19. The number of aromatic nitrogens is 4. The second-order valence-corrected chi connectivity index (χ2v) is 8.23. The van der Waals surface area contributed by atoms with E-state index in [0.717, 1.165) is 63.0 Å². The summed E-state index contributed by atoms with van der Waals surface area (Å²) in [4.78, 5) is 16.4. The minimum absolute atomic E-state index is 0.606. The van der Waals surface area contributed by atoms with Crippen LogP contribution in [0.3, 0.4) is 0 Å². The van der Waals surface area contributed by atoms with E-state index < -0.39 is 0 Å². The van der Waals surface area contributed by atoms with Gasteiger partial charge in [0, 0.05) is 60.5 Å². The molecule has 0 saturated heterocycles. The predicted octanol–water partition coefficient (Wildman–Crippen LogP) is 4.93. The molecule has 0 unspecified atom stereocenters. The molecule has 1 aliphatic rings. The van der Waals surface area contributed by atoms with Crippen LogP contribution in [0.25, 0.3) is 22.3 Å². The van der Waals surface area contributed by atoms with Gasteiger partial charge in [-0.3, -0.25) is 14.7 Å². The van der Waals surface area contributed by atoms with Gasteiger partial charge in [0.15, 0.2) is 0 Å². The third kappa shape index (κ3) is 4.34. The van der Waals surface area contributed by atoms with Gasteiger partial charge in [-0.25, -0.2) is 4.98 Å². The average molecular weight is 455 g/mol. The van der Waals surface area contributed by atoms with Crippen LogP contribution in [0.5, 0.6) is 11.5 Å². The molecule has 0 spiro atoms. The third-order valence-electron chi connectivity index (χ3n) is 5.77. The van der Waals surface area contributed by atoms with E-state index in [1.54, 1.807) is 31.3 Å². The van der Waals surface area contributed by atoms with E-state index in [-0.39, 0.29) is 0 Å². The molecular weight excluding hydrogens is 428 g/mol. The molecule has 0 aliphatic carbocycles. The average Bonchev–Trinajstić information content (AvgIpc) is 3.49. The Morgan fingerprint density at radius 1 is 0.971 bits per heavy atom. The molecule has 34 heavy (non-hydrogen) atoms. The van der Waals surface area contributed by atoms with Gasteiger partial charge < -0.3 is 14.4 Å². The Morgan fingerprint density at radius 3 is 2.41 bits per heavy atom. The molecule has 1 aliphatic heterocycles. The van der Waals surface area contributed by atoms with Gasteiger partial charge in [0.05, 0.1) is 55.6 Å². The van der Waals surface area contributed by atoms with E-state index in [1.165, 1.54) is 0 Å². The van der Waals surface area contributed by atoms with Gasteiger partial charge in [-0.05, 0) is 25.1 Å². The van der Waals surface area contributed by atoms with Crippen LogP contribution < -0.4 is 14.4 Å². The number of aliphatic imine (C=N–C) groups is 1. The van der Waals surface area contributed by atoms with Crippen LogP contribution >= 0.6 is 0 Å². The molecule has 0 fully saturated rings. The van der Waals surface area contributed by atoms with E-state index >= 15 is 0 Å². The lowest BCUT2D eigenvalue weighted by atomic mass is 10.1. The molecule has 0 radical (unpaired) electrons. The highest BCUT2D eigenvalue weighted by Gasteiger charge is 2.17. The normalized spacial score (nSPS) is 13.1. The van der Waals surface area contributed by atoms with Crippen LogP contribution in [0.1, 0.15) is 13.3 Å². The largest absolute Gasteiger partial charge is 0.497 e. The summed E-state index contributed by atoms with van der Waals surface area (Å²) in [6, 6.07) is 12.0. The smallest absolute Gasteiger partial charge is 0.124 e. The number of methoxy groups -OCH3 is 2. The minimum Gasteiger partial charge on any atom is -0.497 e. The number of hydrogen-bond acceptors (Lipinski definition) is 7. The van der Waals surface area contributed by atoms with Crippen molar-refractivity contribution in [1.29, 1.82) is 0 Å². The van der Waals surface area contributed by atoms with Gasteiger partial charge in [0.25, 0.3) is 0 Å². The Morgan fingerprint density at radius 2 is 1.76 bits per heavy atom. The van der Waals surface area contributed by atoms with Crippen molar-refractivity contribution in [1.82, 2.24) is 19.7 Å². The SMILES string of the molecule is COc1cc(OC)cc(N(CC2=CCC(C)=N2)c2ccc3ncc(-c4cnn(C)c4)nc3c2)c1. The van der Waals surface area contributed by atoms with Gasteiger partial charge in [-0.1, -0.05) is 6.08 Å². The van der Waals surface area contributed by atoms with Crippen LogP contribution in [0, 0.1) is 0 Å². The number of benzene rings is 2. The Bertz CT molecular complexity index is 1400. The van der Waals surface area contributed by atoms with Crippen molar-refractivity contribution < 1.29 is 9.47 Å². The van der Waals surface area contributed by atoms with Crippen molar-refractivity contribution in [3.63, 3.8) is 0 Å². The monoisotopic (exact) mass is 454 g/mol. The maximum Gasteiger partial charge on any atom is 0.124 e. The lowest BCUT2D eigenvalue weighted by Gasteiger charge is -2.26. The molecule has 2 aromatic heterocycles. The molecule has 0 amide bonds. The molecule has 0 saturated carbocycles. The van der Waals surface area contributed by atoms with Gasteiger partial charge in [0.1, 0.15) is 11.5 Å². The molecule has 8 heteroatoms. The van der Waals surface area contributed by atoms with Crippen LogP contribution in [0.15, 0.2) is 71.8 Å². The van der Waals surface area contributed by atoms with E-state index in [2.05, 4.69) is 33.2 Å². The summed E-state index contributed by atoms with van der Waals surface area (Å²) in [5, 5.41) is 4.25. The summed E-state index contributed by atoms with van der Waals surface area (Å²) in [5.74, 6) is 1.44. The summed E-state index contributed by atoms with van der Waals surface area (Å²) >= 11 is 0. The number of aryl methyl sites for hydroxylation is 1. The number of hydrogen-bond donors (Lipinski definition) is 0. The van der Waals surface area contributed by atoms with E-state index in [9.17, 15) is 0 Å². The summed E-state index contributed by atoms with van der Waals surface area (Å²) in [6.45, 7) is 2.66. The molecular formula is C26H26N6O2. The number of nitrogens with zero attached hydrogens (tertiary/aromatic N) is 6. The molecule has 0 bridgehead atoms. The third-order valence-corrected chi connectivity index (χ3v) is 5.77. The second-order valence-electron chi connectivity index (χ2n) is 8.23. The quantitative estimate of drug-likeness (QED) is 0.394. The molecule has 172 valence electrons. The van der Waals surface area contributed by atoms with Crippen LogP contribution in [0.2, 0.25) is 0 Å². The topological polar surface area (TPSA) is 77.7 Å². The van der Waals surface area contributed by atoms with Crippen LogP contribution in [-0.4, -0.2) is 46.2 Å². The first-order valence-corrected chi connectivity index (χ1v) is 11.0. The number of ether oxygens (including phenoxy) is 2. The van der Waals surface area contributed by atoms with Gasteiger partial charge in [-0.15, -0.1) is 0 Å². The van der Waals surface area contributed by atoms with Crippen LogP contribution in [-0.2, 0) is 7.05 Å². The first kappa shape index (κ1) is 21.6. The highest BCUT2D eigenvalue weighted by atomic mass is 16.5. The van der Waals surface area contributed by atoms with Gasteiger partial charge in [0.2, 0.25) is 0 Å². The van der Waals surface area contributed by atoms with Crippen molar-refractivity contribution in [3.8, 4) is 22.8 Å². The number of fused-ring (bicyclic) bond motifs is 1. The summed E-state index contributed by atoms with van der Waals surface area (Å²) < 4.78 is 12.8. The molecule has 0 N–H and O–H groups in total. The summed E-state index contributed by atoms with van der Waals surface area (Å²) in [6.07, 6.45) is 8.55. The Balaban J connectivity index is 1.60. The minimum atomic E-state index is 0.606. The van der Waals surface area contributed by atoms with E-state index in [1.807, 2.05) is 44.4 Å². The fourth-order valence-electron chi connectivity index (χ4n) is 4.00. The maximum atomic E-state index is 5.53. The van der Waals surface area contributed by atoms with Crippen LogP contribution in [0.4, 0.5) is 11.4 Å². The van der Waals surface area contributed by atoms with Crippen molar-refractivity contribution in [2.75, 3.05) is 25.7 Å². The number of allylic oxidation sites excluding steroid dienone is 1. The maximum absolute atomic E-state index is 5.53. The summed E-state index contributed by atoms with van der Waals surface area (Å²) in [5.41, 5.74) is 7.39. The predicted molar refractivity (Wildman–Crippen MR) is 134 cm³/mol. The Kier molecular flexibility index (Phi) is 5.71. The van der Waals surface area contributed by atoms with Crippen molar-refractivity contribution in [2.24, 2.45) is 12.0 Å². The zero-order valence-electron chi connectivity index (χ0n) is 19.7. The molecule has 3 heterocycles. The standard InChI is InChI=1S/C26H26N6O2/c1-17-5-6-19(29-17)16-32(21-9-22(33-3)12-23(10-21)34-4)20-7-8-24-25(11-20)30-26(14-27-24)18-13-28-31(2)15-18/h6-15H,5,16H2,1-4H3. The van der Waals surface area contributed by atoms with Crippen molar-refractivity contribution in [3.05, 3.63) is 66.8 Å². The second kappa shape index (κ2) is 8.97. The highest BCUT2D eigenvalue weighted by molar-refractivity contribution is 5.87. The van der Waals surface area contributed by atoms with Crippen molar-refractivity contribution >= 4 is 28.1 Å². The first-order chi connectivity index (χ1) is 16.5.